The van der Waals surface area contributed by atoms with Gasteiger partial charge in [-0.05, 0) is 25.3 Å². The molecule has 3 rings (SSSR count). The molecule has 116 valence electrons. The second-order valence-electron chi connectivity index (χ2n) is 5.94. The van der Waals surface area contributed by atoms with Crippen molar-refractivity contribution in [2.24, 2.45) is 5.73 Å². The molecule has 0 bridgehead atoms. The standard InChI is InChI=1S/C17H22N4O/c1-13-16(17(22)20-9-5-8-15(18)12-20)10-19-21(13)11-14-6-3-2-4-7-14/h2-4,6-7,10,15H,5,8-9,11-12,18H2,1H3. The molecule has 5 nitrogen and oxygen atoms in total. The normalized spacial score (nSPS) is 18.5. The van der Waals surface area contributed by atoms with E-state index in [1.807, 2.05) is 34.7 Å². The predicted octanol–water partition coefficient (Wildman–Crippen LogP) is 1.80. The monoisotopic (exact) mass is 298 g/mol. The Kier molecular flexibility index (Phi) is 4.24. The summed E-state index contributed by atoms with van der Waals surface area (Å²) in [7, 11) is 0. The van der Waals surface area contributed by atoms with Gasteiger partial charge in [0.15, 0.2) is 0 Å². The summed E-state index contributed by atoms with van der Waals surface area (Å²) in [6, 6.07) is 10.2. The molecule has 0 spiro atoms. The highest BCUT2D eigenvalue weighted by Crippen LogP contribution is 2.16. The van der Waals surface area contributed by atoms with Gasteiger partial charge in [-0.3, -0.25) is 9.48 Å². The molecule has 1 aromatic heterocycles. The molecule has 5 heteroatoms. The summed E-state index contributed by atoms with van der Waals surface area (Å²) in [4.78, 5) is 14.5. The lowest BCUT2D eigenvalue weighted by Gasteiger charge is -2.30. The molecule has 1 aliphatic rings. The summed E-state index contributed by atoms with van der Waals surface area (Å²) in [6.45, 7) is 4.06. The van der Waals surface area contributed by atoms with E-state index in [1.54, 1.807) is 6.20 Å². The smallest absolute Gasteiger partial charge is 0.257 e. The van der Waals surface area contributed by atoms with E-state index in [1.165, 1.54) is 5.56 Å². The van der Waals surface area contributed by atoms with Crippen LogP contribution in [0.2, 0.25) is 0 Å². The highest BCUT2D eigenvalue weighted by molar-refractivity contribution is 5.95. The zero-order valence-electron chi connectivity index (χ0n) is 12.9. The van der Waals surface area contributed by atoms with Crippen molar-refractivity contribution in [2.45, 2.75) is 32.4 Å². The van der Waals surface area contributed by atoms with Crippen LogP contribution in [0, 0.1) is 6.92 Å². The molecule has 1 unspecified atom stereocenters. The van der Waals surface area contributed by atoms with Crippen LogP contribution in [0.4, 0.5) is 0 Å². The largest absolute Gasteiger partial charge is 0.337 e. The summed E-state index contributed by atoms with van der Waals surface area (Å²) in [5.74, 6) is 0.0481. The first-order valence-corrected chi connectivity index (χ1v) is 7.76. The van der Waals surface area contributed by atoms with E-state index in [0.717, 1.165) is 25.1 Å². The van der Waals surface area contributed by atoms with Crippen molar-refractivity contribution < 1.29 is 4.79 Å². The minimum atomic E-state index is 0.0481. The molecule has 2 N–H and O–H groups in total. The van der Waals surface area contributed by atoms with Crippen LogP contribution in [0.5, 0.6) is 0 Å². The molecule has 0 radical (unpaired) electrons. The third-order valence-corrected chi connectivity index (χ3v) is 4.25. The number of likely N-dealkylation sites (tertiary alicyclic amines) is 1. The maximum absolute atomic E-state index is 12.6. The summed E-state index contributed by atoms with van der Waals surface area (Å²) in [5, 5.41) is 4.38. The maximum Gasteiger partial charge on any atom is 0.257 e. The summed E-state index contributed by atoms with van der Waals surface area (Å²) < 4.78 is 1.88. The van der Waals surface area contributed by atoms with Gasteiger partial charge in [-0.15, -0.1) is 0 Å². The summed E-state index contributed by atoms with van der Waals surface area (Å²) in [6.07, 6.45) is 3.65. The Morgan fingerprint density at radius 1 is 1.36 bits per heavy atom. The Morgan fingerprint density at radius 2 is 2.14 bits per heavy atom. The maximum atomic E-state index is 12.6. The number of carbonyl (C=O) groups excluding carboxylic acids is 1. The number of piperidine rings is 1. The molecule has 0 aliphatic carbocycles. The first-order valence-electron chi connectivity index (χ1n) is 7.76. The van der Waals surface area contributed by atoms with Gasteiger partial charge in [-0.1, -0.05) is 30.3 Å². The topological polar surface area (TPSA) is 64.2 Å². The van der Waals surface area contributed by atoms with Crippen LogP contribution < -0.4 is 5.73 Å². The predicted molar refractivity (Wildman–Crippen MR) is 85.6 cm³/mol. The highest BCUT2D eigenvalue weighted by atomic mass is 16.2. The molecule has 1 aliphatic heterocycles. The average Bonchev–Trinajstić information content (AvgIpc) is 2.89. The van der Waals surface area contributed by atoms with Gasteiger partial charge in [0.05, 0.1) is 18.3 Å². The highest BCUT2D eigenvalue weighted by Gasteiger charge is 2.25. The van der Waals surface area contributed by atoms with Gasteiger partial charge in [-0.2, -0.15) is 5.10 Å². The fraction of sp³-hybridized carbons (Fsp3) is 0.412. The lowest BCUT2D eigenvalue weighted by atomic mass is 10.1. The van der Waals surface area contributed by atoms with E-state index in [4.69, 9.17) is 5.73 Å². The Labute approximate surface area is 130 Å². The van der Waals surface area contributed by atoms with Gasteiger partial charge in [0, 0.05) is 24.8 Å². The average molecular weight is 298 g/mol. The van der Waals surface area contributed by atoms with Crippen LogP contribution >= 0.6 is 0 Å². The van der Waals surface area contributed by atoms with E-state index >= 15 is 0 Å². The van der Waals surface area contributed by atoms with E-state index in [-0.39, 0.29) is 11.9 Å². The zero-order valence-corrected chi connectivity index (χ0v) is 12.9. The quantitative estimate of drug-likeness (QED) is 0.940. The second-order valence-corrected chi connectivity index (χ2v) is 5.94. The number of amides is 1. The first-order chi connectivity index (χ1) is 10.6. The number of hydrogen-bond acceptors (Lipinski definition) is 3. The third-order valence-electron chi connectivity index (χ3n) is 4.25. The molecular weight excluding hydrogens is 276 g/mol. The molecule has 0 saturated carbocycles. The van der Waals surface area contributed by atoms with Gasteiger partial charge in [-0.25, -0.2) is 0 Å². The Hall–Kier alpha value is -2.14. The lowest BCUT2D eigenvalue weighted by molar-refractivity contribution is 0.0708. The van der Waals surface area contributed by atoms with Crippen LogP contribution in [0.15, 0.2) is 36.5 Å². The summed E-state index contributed by atoms with van der Waals surface area (Å²) >= 11 is 0. The molecule has 2 aromatic rings. The number of benzene rings is 1. The SMILES string of the molecule is Cc1c(C(=O)N2CCCC(N)C2)cnn1Cc1ccccc1. The van der Waals surface area contributed by atoms with Gasteiger partial charge in [0.2, 0.25) is 0 Å². The van der Waals surface area contributed by atoms with Gasteiger partial charge >= 0.3 is 0 Å². The van der Waals surface area contributed by atoms with Crippen LogP contribution in [0.1, 0.15) is 34.5 Å². The van der Waals surface area contributed by atoms with Crippen LogP contribution in [0.25, 0.3) is 0 Å². The van der Waals surface area contributed by atoms with E-state index in [2.05, 4.69) is 17.2 Å². The van der Waals surface area contributed by atoms with Crippen LogP contribution in [-0.4, -0.2) is 39.7 Å². The minimum absolute atomic E-state index is 0.0481. The van der Waals surface area contributed by atoms with E-state index in [0.29, 0.717) is 18.7 Å². The van der Waals surface area contributed by atoms with Crippen LogP contribution in [0.3, 0.4) is 0 Å². The number of nitrogens with zero attached hydrogens (tertiary/aromatic N) is 3. The third kappa shape index (κ3) is 3.04. The number of carbonyl (C=O) groups is 1. The number of aromatic nitrogens is 2. The molecule has 1 fully saturated rings. The molecule has 22 heavy (non-hydrogen) atoms. The molecule has 1 saturated heterocycles. The van der Waals surface area contributed by atoms with Gasteiger partial charge in [0.1, 0.15) is 0 Å². The molecule has 2 heterocycles. The van der Waals surface area contributed by atoms with E-state index in [9.17, 15) is 4.79 Å². The van der Waals surface area contributed by atoms with Crippen molar-refractivity contribution in [3.63, 3.8) is 0 Å². The summed E-state index contributed by atoms with van der Waals surface area (Å²) in [5.41, 5.74) is 8.74. The minimum Gasteiger partial charge on any atom is -0.337 e. The fourth-order valence-electron chi connectivity index (χ4n) is 2.94. The van der Waals surface area contributed by atoms with Crippen molar-refractivity contribution in [1.82, 2.24) is 14.7 Å². The Morgan fingerprint density at radius 3 is 2.86 bits per heavy atom. The number of hydrogen-bond donors (Lipinski definition) is 1. The number of nitrogens with two attached hydrogens (primary N) is 1. The van der Waals surface area contributed by atoms with Gasteiger partial charge in [0.25, 0.3) is 5.91 Å². The van der Waals surface area contributed by atoms with Crippen LogP contribution in [-0.2, 0) is 6.54 Å². The second kappa shape index (κ2) is 6.32. The Balaban J connectivity index is 1.76. The molecular formula is C17H22N4O. The van der Waals surface area contributed by atoms with Crippen molar-refractivity contribution in [3.05, 3.63) is 53.3 Å². The number of rotatable bonds is 3. The van der Waals surface area contributed by atoms with Crippen molar-refractivity contribution in [2.75, 3.05) is 13.1 Å². The van der Waals surface area contributed by atoms with Crippen molar-refractivity contribution in [3.8, 4) is 0 Å². The van der Waals surface area contributed by atoms with Crippen molar-refractivity contribution >= 4 is 5.91 Å². The molecule has 1 aromatic carbocycles. The Bertz CT molecular complexity index is 650. The fourth-order valence-corrected chi connectivity index (χ4v) is 2.94. The molecule has 1 atom stereocenters. The lowest BCUT2D eigenvalue weighted by Crippen LogP contribution is -2.45. The zero-order chi connectivity index (χ0) is 15.5. The van der Waals surface area contributed by atoms with Crippen molar-refractivity contribution in [1.29, 1.82) is 0 Å². The molecule has 1 amide bonds. The van der Waals surface area contributed by atoms with E-state index < -0.39 is 0 Å². The first kappa shape index (κ1) is 14.8. The van der Waals surface area contributed by atoms with Gasteiger partial charge < -0.3 is 10.6 Å².